The maximum atomic E-state index is 12.7. The van der Waals surface area contributed by atoms with Crippen molar-refractivity contribution >= 4 is 16.2 Å². The lowest BCUT2D eigenvalue weighted by Gasteiger charge is -2.17. The summed E-state index contributed by atoms with van der Waals surface area (Å²) in [6.07, 6.45) is -3.21. The molecule has 112 valence electrons. The van der Waals surface area contributed by atoms with Crippen LogP contribution < -0.4 is 0 Å². The third kappa shape index (κ3) is 4.55. The molecule has 6 nitrogen and oxygen atoms in total. The fourth-order valence-electron chi connectivity index (χ4n) is 1.55. The molecule has 0 aromatic heterocycles. The van der Waals surface area contributed by atoms with Gasteiger partial charge in [-0.3, -0.25) is 4.79 Å². The topological polar surface area (TPSA) is 101 Å². The molecule has 1 aromatic rings. The molecule has 0 spiro atoms. The third-order valence-electron chi connectivity index (χ3n) is 2.55. The molecular weight excluding hydrogens is 291 g/mol. The molecule has 0 saturated heterocycles. The summed E-state index contributed by atoms with van der Waals surface area (Å²) in [7, 11) is -4.81. The van der Waals surface area contributed by atoms with E-state index in [-0.39, 0.29) is 12.2 Å². The number of hydrogen-bond donors (Lipinski definition) is 2. The van der Waals surface area contributed by atoms with Crippen molar-refractivity contribution in [2.75, 3.05) is 6.61 Å². The average molecular weight is 306 g/mol. The number of aliphatic hydroxyl groups is 2. The van der Waals surface area contributed by atoms with Crippen LogP contribution in [-0.4, -0.2) is 37.3 Å². The Balaban J connectivity index is 2.77. The van der Waals surface area contributed by atoms with Crippen LogP contribution in [0.2, 0.25) is 0 Å². The van der Waals surface area contributed by atoms with Crippen molar-refractivity contribution in [3.63, 3.8) is 0 Å². The van der Waals surface area contributed by atoms with Gasteiger partial charge in [-0.1, -0.05) is 12.1 Å². The van der Waals surface area contributed by atoms with Crippen molar-refractivity contribution in [1.82, 2.24) is 0 Å². The number of aliphatic hydroxyl groups excluding tert-OH is 2. The zero-order valence-electron chi connectivity index (χ0n) is 10.7. The van der Waals surface area contributed by atoms with E-state index in [0.717, 1.165) is 24.3 Å². The van der Waals surface area contributed by atoms with Crippen molar-refractivity contribution in [3.05, 3.63) is 29.8 Å². The Hall–Kier alpha value is -1.51. The smallest absolute Gasteiger partial charge is 0.332 e. The highest BCUT2D eigenvalue weighted by Gasteiger charge is 2.22. The van der Waals surface area contributed by atoms with Crippen molar-refractivity contribution in [2.24, 2.45) is 0 Å². The average Bonchev–Trinajstić information content (AvgIpc) is 2.37. The molecule has 0 aliphatic carbocycles. The fraction of sp³-hybridized carbons (Fsp3) is 0.417. The zero-order valence-corrected chi connectivity index (χ0v) is 11.5. The second-order valence-corrected chi connectivity index (χ2v) is 5.38. The van der Waals surface area contributed by atoms with Gasteiger partial charge in [0, 0.05) is 0 Å². The molecule has 2 unspecified atom stereocenters. The highest BCUT2D eigenvalue weighted by molar-refractivity contribution is 7.86. The Labute approximate surface area is 116 Å². The molecule has 0 radical (unpaired) electrons. The summed E-state index contributed by atoms with van der Waals surface area (Å²) in [6, 6.07) is 4.24. The molecule has 0 fully saturated rings. The first-order chi connectivity index (χ1) is 9.25. The molecule has 0 aliphatic heterocycles. The monoisotopic (exact) mass is 306 g/mol. The van der Waals surface area contributed by atoms with Crippen LogP contribution in [0.5, 0.6) is 0 Å². The summed E-state index contributed by atoms with van der Waals surface area (Å²) in [5.74, 6) is -0.665. The van der Waals surface area contributed by atoms with E-state index in [1.807, 2.05) is 0 Å². The lowest BCUT2D eigenvalue weighted by atomic mass is 10.0. The van der Waals surface area contributed by atoms with Crippen molar-refractivity contribution in [1.29, 1.82) is 0 Å². The molecule has 2 N–H and O–H groups in total. The number of carbonyl (C=O) groups is 1. The molecule has 0 aliphatic rings. The van der Waals surface area contributed by atoms with E-state index in [0.29, 0.717) is 0 Å². The summed E-state index contributed by atoms with van der Waals surface area (Å²) in [4.78, 5) is 10.6. The lowest BCUT2D eigenvalue weighted by molar-refractivity contribution is -0.147. The number of ether oxygens (including phenoxy) is 1. The van der Waals surface area contributed by atoms with Gasteiger partial charge in [-0.2, -0.15) is 8.42 Å². The van der Waals surface area contributed by atoms with Gasteiger partial charge in [0.15, 0.2) is 0 Å². The standard InChI is InChI=1S/C12H15FO6S/c1-2-19-11(15)7-10(14)12(16)8-3-5-9(6-4-8)20(13,17)18/h3-6,10,12,14,16H,2,7H2,1H3. The lowest BCUT2D eigenvalue weighted by Crippen LogP contribution is -2.23. The minimum absolute atomic E-state index is 0.157. The second kappa shape index (κ2) is 6.78. The molecule has 0 saturated carbocycles. The van der Waals surface area contributed by atoms with Crippen LogP contribution in [0.15, 0.2) is 29.2 Å². The van der Waals surface area contributed by atoms with E-state index >= 15 is 0 Å². The molecule has 1 rings (SSSR count). The van der Waals surface area contributed by atoms with Crippen LogP contribution in [0.4, 0.5) is 3.89 Å². The van der Waals surface area contributed by atoms with Crippen molar-refractivity contribution in [2.45, 2.75) is 30.4 Å². The largest absolute Gasteiger partial charge is 0.466 e. The van der Waals surface area contributed by atoms with E-state index < -0.39 is 39.7 Å². The van der Waals surface area contributed by atoms with E-state index in [2.05, 4.69) is 4.74 Å². The summed E-state index contributed by atoms with van der Waals surface area (Å²) in [6.45, 7) is 1.77. The normalized spacial score (nSPS) is 14.6. The minimum atomic E-state index is -4.81. The zero-order chi connectivity index (χ0) is 15.3. The van der Waals surface area contributed by atoms with Crippen molar-refractivity contribution < 1.29 is 32.0 Å². The molecule has 8 heteroatoms. The van der Waals surface area contributed by atoms with Gasteiger partial charge >= 0.3 is 16.2 Å². The van der Waals surface area contributed by atoms with Crippen LogP contribution in [0.3, 0.4) is 0 Å². The predicted molar refractivity (Wildman–Crippen MR) is 67.0 cm³/mol. The van der Waals surface area contributed by atoms with Gasteiger partial charge in [0.05, 0.1) is 24.0 Å². The minimum Gasteiger partial charge on any atom is -0.466 e. The predicted octanol–water partition coefficient (Wildman–Crippen LogP) is 0.692. The summed E-state index contributed by atoms with van der Waals surface area (Å²) >= 11 is 0. The second-order valence-electron chi connectivity index (χ2n) is 4.03. The van der Waals surface area contributed by atoms with Gasteiger partial charge in [-0.15, -0.1) is 3.89 Å². The van der Waals surface area contributed by atoms with Crippen LogP contribution in [0, 0.1) is 0 Å². The number of esters is 1. The van der Waals surface area contributed by atoms with Gasteiger partial charge in [0.2, 0.25) is 0 Å². The van der Waals surface area contributed by atoms with Gasteiger partial charge < -0.3 is 14.9 Å². The highest BCUT2D eigenvalue weighted by atomic mass is 32.3. The molecule has 1 aromatic carbocycles. The van der Waals surface area contributed by atoms with Gasteiger partial charge in [0.25, 0.3) is 0 Å². The van der Waals surface area contributed by atoms with Crippen LogP contribution in [0.25, 0.3) is 0 Å². The highest BCUT2D eigenvalue weighted by Crippen LogP contribution is 2.21. The number of benzene rings is 1. The first-order valence-electron chi connectivity index (χ1n) is 5.82. The van der Waals surface area contributed by atoms with Gasteiger partial charge in [-0.05, 0) is 24.6 Å². The molecule has 0 bridgehead atoms. The molecule has 0 heterocycles. The molecular formula is C12H15FO6S. The van der Waals surface area contributed by atoms with Crippen LogP contribution >= 0.6 is 0 Å². The Kier molecular flexibility index (Phi) is 5.61. The van der Waals surface area contributed by atoms with E-state index in [1.54, 1.807) is 6.92 Å². The Morgan fingerprint density at radius 2 is 1.85 bits per heavy atom. The third-order valence-corrected chi connectivity index (χ3v) is 3.38. The maximum Gasteiger partial charge on any atom is 0.332 e. The number of rotatable bonds is 6. The van der Waals surface area contributed by atoms with Gasteiger partial charge in [0.1, 0.15) is 6.10 Å². The first-order valence-corrected chi connectivity index (χ1v) is 7.20. The van der Waals surface area contributed by atoms with E-state index in [1.165, 1.54) is 0 Å². The van der Waals surface area contributed by atoms with E-state index in [4.69, 9.17) is 0 Å². The van der Waals surface area contributed by atoms with Crippen LogP contribution in [-0.2, 0) is 19.8 Å². The SMILES string of the molecule is CCOC(=O)CC(O)C(O)c1ccc(S(=O)(=O)F)cc1. The van der Waals surface area contributed by atoms with E-state index in [9.17, 15) is 27.3 Å². The molecule has 0 amide bonds. The first kappa shape index (κ1) is 16.5. The molecule has 20 heavy (non-hydrogen) atoms. The number of halogens is 1. The van der Waals surface area contributed by atoms with Crippen LogP contribution in [0.1, 0.15) is 25.0 Å². The maximum absolute atomic E-state index is 12.7. The number of hydrogen-bond acceptors (Lipinski definition) is 6. The molecule has 2 atom stereocenters. The number of carbonyl (C=O) groups excluding carboxylic acids is 1. The summed E-state index contributed by atoms with van der Waals surface area (Å²) < 4.78 is 38.5. The Morgan fingerprint density at radius 1 is 1.30 bits per heavy atom. The van der Waals surface area contributed by atoms with Gasteiger partial charge in [-0.25, -0.2) is 0 Å². The Bertz CT molecular complexity index is 554. The summed E-state index contributed by atoms with van der Waals surface area (Å²) in [5, 5.41) is 19.5. The van der Waals surface area contributed by atoms with Crippen molar-refractivity contribution in [3.8, 4) is 0 Å². The summed E-state index contributed by atoms with van der Waals surface area (Å²) in [5.41, 5.74) is 0.161. The fourth-order valence-corrected chi connectivity index (χ4v) is 2.01. The quantitative estimate of drug-likeness (QED) is 0.592. The Morgan fingerprint density at radius 3 is 2.30 bits per heavy atom.